The van der Waals surface area contributed by atoms with Crippen molar-refractivity contribution in [2.75, 3.05) is 26.2 Å². The van der Waals surface area contributed by atoms with Crippen LogP contribution in [0, 0.1) is 0 Å². The highest BCUT2D eigenvalue weighted by molar-refractivity contribution is 7.99. The molecule has 5 rings (SSSR count). The zero-order valence-electron chi connectivity index (χ0n) is 20.0. The monoisotopic (exact) mass is 588 g/mol. The molecule has 1 saturated heterocycles. The van der Waals surface area contributed by atoms with Crippen molar-refractivity contribution in [1.29, 1.82) is 0 Å². The van der Waals surface area contributed by atoms with Crippen molar-refractivity contribution in [1.82, 2.24) is 30.0 Å². The first kappa shape index (κ1) is 26.9. The molecule has 1 atom stereocenters. The summed E-state index contributed by atoms with van der Waals surface area (Å²) in [5.74, 6) is 0. The van der Waals surface area contributed by atoms with Gasteiger partial charge in [0.25, 0.3) is 5.56 Å². The molecule has 0 spiro atoms. The van der Waals surface area contributed by atoms with Crippen molar-refractivity contribution in [3.05, 3.63) is 114 Å². The fourth-order valence-electron chi connectivity index (χ4n) is 4.28. The Morgan fingerprint density at radius 1 is 1.00 bits per heavy atom. The Kier molecular flexibility index (Phi) is 8.52. The lowest BCUT2D eigenvalue weighted by molar-refractivity contribution is 0.231. The third-order valence-electron chi connectivity index (χ3n) is 6.14. The number of rotatable bonds is 7. The molecule has 2 aromatic heterocycles. The number of aromatic nitrogens is 4. The molecule has 1 unspecified atom stereocenters. The smallest absolute Gasteiger partial charge is 0.314 e. The van der Waals surface area contributed by atoms with Crippen molar-refractivity contribution in [2.24, 2.45) is 0 Å². The topological polar surface area (TPSA) is 95.9 Å². The van der Waals surface area contributed by atoms with Crippen molar-refractivity contribution >= 4 is 46.6 Å². The lowest BCUT2D eigenvalue weighted by atomic mass is 10.0. The van der Waals surface area contributed by atoms with Gasteiger partial charge in [-0.25, -0.2) is 9.78 Å². The number of nitrogens with one attached hydrogen (secondary N) is 2. The van der Waals surface area contributed by atoms with Gasteiger partial charge in [0.2, 0.25) is 0 Å². The molecule has 2 N–H and O–H groups in total. The number of piperazine rings is 1. The Morgan fingerprint density at radius 3 is 2.39 bits per heavy atom. The van der Waals surface area contributed by atoms with Crippen LogP contribution in [0.5, 0.6) is 0 Å². The fraction of sp³-hybridized carbons (Fsp3) is 0.231. The predicted octanol–water partition coefficient (Wildman–Crippen LogP) is 4.56. The first-order valence-electron chi connectivity index (χ1n) is 11.9. The van der Waals surface area contributed by atoms with Crippen molar-refractivity contribution in [2.45, 2.75) is 16.8 Å². The van der Waals surface area contributed by atoms with Gasteiger partial charge in [-0.3, -0.25) is 14.7 Å². The molecule has 8 nitrogen and oxygen atoms in total. The van der Waals surface area contributed by atoms with Crippen LogP contribution in [0.15, 0.2) is 75.5 Å². The van der Waals surface area contributed by atoms with E-state index in [1.165, 1.54) is 0 Å². The average molecular weight is 590 g/mol. The summed E-state index contributed by atoms with van der Waals surface area (Å²) in [5, 5.41) is 9.16. The van der Waals surface area contributed by atoms with Gasteiger partial charge in [0, 0.05) is 59.6 Å². The molecule has 38 heavy (non-hydrogen) atoms. The van der Waals surface area contributed by atoms with Crippen molar-refractivity contribution in [3.63, 3.8) is 0 Å². The number of aromatic amines is 1. The summed E-state index contributed by atoms with van der Waals surface area (Å²) in [7, 11) is 0. The fourth-order valence-corrected chi connectivity index (χ4v) is 6.53. The molecule has 12 heteroatoms. The Hall–Kier alpha value is -2.66. The molecule has 0 bridgehead atoms. The molecule has 0 aliphatic carbocycles. The number of pyridine rings is 1. The van der Waals surface area contributed by atoms with Crippen LogP contribution in [0.3, 0.4) is 0 Å². The van der Waals surface area contributed by atoms with Gasteiger partial charge in [0.1, 0.15) is 11.2 Å². The summed E-state index contributed by atoms with van der Waals surface area (Å²) >= 11 is 21.4. The Morgan fingerprint density at radius 2 is 1.71 bits per heavy atom. The second kappa shape index (κ2) is 12.0. The molecular weight excluding hydrogens is 567 g/mol. The number of thioether (sulfide) groups is 1. The highest BCUT2D eigenvalue weighted by Gasteiger charge is 2.25. The maximum atomic E-state index is 12.3. The molecule has 0 radical (unpaired) electrons. The Labute approximate surface area is 238 Å². The normalized spacial score (nSPS) is 14.9. The molecule has 3 heterocycles. The quantitative estimate of drug-likeness (QED) is 0.305. The Balaban J connectivity index is 1.56. The first-order chi connectivity index (χ1) is 18.4. The van der Waals surface area contributed by atoms with E-state index < -0.39 is 11.2 Å². The highest BCUT2D eigenvalue weighted by Crippen LogP contribution is 2.47. The summed E-state index contributed by atoms with van der Waals surface area (Å²) in [4.78, 5) is 33.1. The molecular formula is C26H23Cl3N6O2S. The number of benzene rings is 2. The zero-order valence-corrected chi connectivity index (χ0v) is 23.1. The van der Waals surface area contributed by atoms with E-state index in [1.807, 2.05) is 30.3 Å². The molecule has 2 aromatic carbocycles. The van der Waals surface area contributed by atoms with E-state index in [9.17, 15) is 9.59 Å². The minimum Gasteiger partial charge on any atom is -0.314 e. The summed E-state index contributed by atoms with van der Waals surface area (Å²) in [5.41, 5.74) is 1.78. The lowest BCUT2D eigenvalue weighted by Crippen LogP contribution is -2.43. The van der Waals surface area contributed by atoms with Crippen LogP contribution < -0.4 is 16.6 Å². The van der Waals surface area contributed by atoms with Crippen LogP contribution in [-0.2, 0) is 6.54 Å². The standard InChI is InChI=1S/C26H23Cl3N6O2S/c27-18-5-3-16(4-6-18)24(38-25-17(2-1-7-31-25)15-34-10-8-30-9-11-34)23-20(28)12-19(13-21(23)29)35-26(37)33-22(36)14-32-35/h1-7,12-14,24,30H,8-11,15H2,(H,33,36,37). The summed E-state index contributed by atoms with van der Waals surface area (Å²) in [6.45, 7) is 4.64. The third kappa shape index (κ3) is 6.14. The number of nitrogens with zero attached hydrogens (tertiary/aromatic N) is 4. The minimum absolute atomic E-state index is 0.321. The van der Waals surface area contributed by atoms with Crippen LogP contribution >= 0.6 is 46.6 Å². The van der Waals surface area contributed by atoms with Crippen LogP contribution in [0.1, 0.15) is 21.9 Å². The third-order valence-corrected chi connectivity index (χ3v) is 8.35. The van der Waals surface area contributed by atoms with E-state index in [4.69, 9.17) is 39.8 Å². The van der Waals surface area contributed by atoms with E-state index in [0.717, 1.165) is 59.8 Å². The molecule has 1 fully saturated rings. The number of H-pyrrole nitrogens is 1. The van der Waals surface area contributed by atoms with E-state index >= 15 is 0 Å². The van der Waals surface area contributed by atoms with Gasteiger partial charge in [-0.2, -0.15) is 9.78 Å². The first-order valence-corrected chi connectivity index (χ1v) is 13.9. The van der Waals surface area contributed by atoms with Crippen LogP contribution in [-0.4, -0.2) is 50.8 Å². The van der Waals surface area contributed by atoms with Gasteiger partial charge in [0.05, 0.1) is 10.9 Å². The van der Waals surface area contributed by atoms with E-state index in [2.05, 4.69) is 26.4 Å². The largest absolute Gasteiger partial charge is 0.349 e. The highest BCUT2D eigenvalue weighted by atomic mass is 35.5. The lowest BCUT2D eigenvalue weighted by Gasteiger charge is -2.28. The molecule has 4 aromatic rings. The van der Waals surface area contributed by atoms with Gasteiger partial charge in [-0.15, -0.1) is 0 Å². The summed E-state index contributed by atoms with van der Waals surface area (Å²) in [6.07, 6.45) is 2.80. The molecule has 1 aliphatic heterocycles. The SMILES string of the molecule is O=c1cnn(-c2cc(Cl)c(C(Sc3ncccc3CN3CCNCC3)c3ccc(Cl)cc3)c(Cl)c2)c(=O)[nH]1. The maximum absolute atomic E-state index is 12.3. The van der Waals surface area contributed by atoms with Crippen LogP contribution in [0.4, 0.5) is 0 Å². The minimum atomic E-state index is -0.688. The molecule has 0 saturated carbocycles. The van der Waals surface area contributed by atoms with Crippen LogP contribution in [0.25, 0.3) is 5.69 Å². The Bertz CT molecular complexity index is 1530. The molecule has 196 valence electrons. The second-order valence-corrected chi connectivity index (χ2v) is 11.1. The summed E-state index contributed by atoms with van der Waals surface area (Å²) in [6, 6.07) is 14.8. The van der Waals surface area contributed by atoms with Gasteiger partial charge in [0.15, 0.2) is 0 Å². The zero-order chi connectivity index (χ0) is 26.6. The van der Waals surface area contributed by atoms with Gasteiger partial charge >= 0.3 is 5.69 Å². The van der Waals surface area contributed by atoms with Gasteiger partial charge in [-0.05, 0) is 41.5 Å². The number of halogens is 3. The van der Waals surface area contributed by atoms with Crippen LogP contribution in [0.2, 0.25) is 15.1 Å². The predicted molar refractivity (Wildman–Crippen MR) is 152 cm³/mol. The van der Waals surface area contributed by atoms with Crippen molar-refractivity contribution < 1.29 is 0 Å². The van der Waals surface area contributed by atoms with Gasteiger partial charge in [-0.1, -0.05) is 64.8 Å². The van der Waals surface area contributed by atoms with E-state index in [1.54, 1.807) is 30.1 Å². The number of hydrogen-bond donors (Lipinski definition) is 2. The van der Waals surface area contributed by atoms with E-state index in [0.29, 0.717) is 26.3 Å². The van der Waals surface area contributed by atoms with Crippen molar-refractivity contribution in [3.8, 4) is 5.69 Å². The maximum Gasteiger partial charge on any atom is 0.349 e. The van der Waals surface area contributed by atoms with E-state index in [-0.39, 0.29) is 5.25 Å². The second-order valence-electron chi connectivity index (χ2n) is 8.72. The molecule has 1 aliphatic rings. The van der Waals surface area contributed by atoms with Gasteiger partial charge < -0.3 is 5.32 Å². The summed E-state index contributed by atoms with van der Waals surface area (Å²) < 4.78 is 1.04. The average Bonchev–Trinajstić information content (AvgIpc) is 2.90. The number of hydrogen-bond acceptors (Lipinski definition) is 7. The molecule has 0 amide bonds.